The molecule has 0 radical (unpaired) electrons. The van der Waals surface area contributed by atoms with Crippen molar-refractivity contribution in [1.29, 1.82) is 0 Å². The first-order valence-electron chi connectivity index (χ1n) is 12.2. The Labute approximate surface area is 227 Å². The Morgan fingerprint density at radius 1 is 0.889 bits per heavy atom. The fourth-order valence-corrected chi connectivity index (χ4v) is 5.85. The second kappa shape index (κ2) is 11.4. The SMILES string of the molecule is CC(=O)N1CCC(C(=O)N2CCC(N(C)C(=O)c3cccc(Cl)c3)C(c3ccc(Cl)c(Cl)c3)C2)CC1. The summed E-state index contributed by atoms with van der Waals surface area (Å²) in [5.41, 5.74) is 1.46. The fraction of sp³-hybridized carbons (Fsp3) is 0.444. The zero-order valence-electron chi connectivity index (χ0n) is 20.4. The summed E-state index contributed by atoms with van der Waals surface area (Å²) in [6, 6.07) is 12.3. The summed E-state index contributed by atoms with van der Waals surface area (Å²) in [4.78, 5) is 44.0. The highest BCUT2D eigenvalue weighted by atomic mass is 35.5. The maximum Gasteiger partial charge on any atom is 0.253 e. The summed E-state index contributed by atoms with van der Waals surface area (Å²) < 4.78 is 0. The molecule has 3 amide bonds. The number of amides is 3. The van der Waals surface area contributed by atoms with Crippen LogP contribution in [0, 0.1) is 5.92 Å². The monoisotopic (exact) mass is 549 g/mol. The molecule has 0 N–H and O–H groups in total. The van der Waals surface area contributed by atoms with Crippen LogP contribution in [0.25, 0.3) is 0 Å². The maximum atomic E-state index is 13.5. The molecule has 2 fully saturated rings. The summed E-state index contributed by atoms with van der Waals surface area (Å²) in [6.07, 6.45) is 1.97. The van der Waals surface area contributed by atoms with Crippen molar-refractivity contribution in [2.75, 3.05) is 33.2 Å². The molecular weight excluding hydrogens is 521 g/mol. The van der Waals surface area contributed by atoms with E-state index in [1.165, 1.54) is 0 Å². The number of piperidine rings is 2. The van der Waals surface area contributed by atoms with Crippen LogP contribution in [-0.4, -0.2) is 71.7 Å². The number of nitrogens with zero attached hydrogens (tertiary/aromatic N) is 3. The van der Waals surface area contributed by atoms with Gasteiger partial charge in [-0.3, -0.25) is 14.4 Å². The van der Waals surface area contributed by atoms with Crippen molar-refractivity contribution in [3.05, 3.63) is 68.7 Å². The predicted molar refractivity (Wildman–Crippen MR) is 143 cm³/mol. The summed E-state index contributed by atoms with van der Waals surface area (Å²) in [5, 5.41) is 1.41. The Morgan fingerprint density at radius 3 is 2.22 bits per heavy atom. The molecule has 2 unspecified atom stereocenters. The minimum absolute atomic E-state index is 0.0498. The molecule has 0 bridgehead atoms. The van der Waals surface area contributed by atoms with Crippen LogP contribution in [0.4, 0.5) is 0 Å². The van der Waals surface area contributed by atoms with E-state index in [0.29, 0.717) is 66.1 Å². The van der Waals surface area contributed by atoms with Crippen molar-refractivity contribution in [2.45, 2.75) is 38.1 Å². The van der Waals surface area contributed by atoms with Gasteiger partial charge in [-0.05, 0) is 55.2 Å². The van der Waals surface area contributed by atoms with Crippen molar-refractivity contribution in [1.82, 2.24) is 14.7 Å². The smallest absolute Gasteiger partial charge is 0.253 e. The Bertz CT molecular complexity index is 1150. The third-order valence-corrected chi connectivity index (χ3v) is 8.41. The summed E-state index contributed by atoms with van der Waals surface area (Å²) in [6.45, 7) is 3.81. The first-order valence-corrected chi connectivity index (χ1v) is 13.3. The molecule has 0 aromatic heterocycles. The van der Waals surface area contributed by atoms with E-state index in [1.807, 2.05) is 17.0 Å². The van der Waals surface area contributed by atoms with Crippen LogP contribution in [-0.2, 0) is 9.59 Å². The molecule has 2 aliphatic heterocycles. The standard InChI is InChI=1S/C27H30Cl3N3O3/c1-17(34)32-11-8-18(9-12-32)27(36)33-13-10-25(22(16-33)19-6-7-23(29)24(30)15-19)31(2)26(35)20-4-3-5-21(28)14-20/h3-7,14-15,18,22,25H,8-13,16H2,1-2H3. The molecule has 0 saturated carbocycles. The van der Waals surface area contributed by atoms with Gasteiger partial charge in [0.05, 0.1) is 10.0 Å². The van der Waals surface area contributed by atoms with Crippen molar-refractivity contribution >= 4 is 52.5 Å². The number of halogens is 3. The fourth-order valence-electron chi connectivity index (χ4n) is 5.35. The van der Waals surface area contributed by atoms with E-state index in [-0.39, 0.29) is 35.6 Å². The highest BCUT2D eigenvalue weighted by Gasteiger charge is 2.39. The van der Waals surface area contributed by atoms with E-state index in [4.69, 9.17) is 34.8 Å². The molecular formula is C27H30Cl3N3O3. The first-order chi connectivity index (χ1) is 17.2. The average molecular weight is 551 g/mol. The predicted octanol–water partition coefficient (Wildman–Crippen LogP) is 5.36. The molecule has 2 aromatic rings. The molecule has 2 aromatic carbocycles. The highest BCUT2D eigenvalue weighted by Crippen LogP contribution is 2.35. The Morgan fingerprint density at radius 2 is 1.58 bits per heavy atom. The lowest BCUT2D eigenvalue weighted by Crippen LogP contribution is -2.53. The number of rotatable bonds is 4. The van der Waals surface area contributed by atoms with Gasteiger partial charge in [-0.2, -0.15) is 0 Å². The molecule has 2 aliphatic rings. The van der Waals surface area contributed by atoms with E-state index >= 15 is 0 Å². The number of likely N-dealkylation sites (tertiary alicyclic amines) is 2. The van der Waals surface area contributed by atoms with E-state index in [9.17, 15) is 14.4 Å². The van der Waals surface area contributed by atoms with Gasteiger partial charge in [-0.25, -0.2) is 0 Å². The molecule has 4 rings (SSSR count). The van der Waals surface area contributed by atoms with Gasteiger partial charge in [-0.15, -0.1) is 0 Å². The van der Waals surface area contributed by atoms with Gasteiger partial charge in [0.25, 0.3) is 5.91 Å². The van der Waals surface area contributed by atoms with Gasteiger partial charge in [0.2, 0.25) is 11.8 Å². The zero-order chi connectivity index (χ0) is 26.0. The minimum Gasteiger partial charge on any atom is -0.343 e. The minimum atomic E-state index is -0.141. The summed E-state index contributed by atoms with van der Waals surface area (Å²) in [5.74, 6) is -0.191. The molecule has 0 spiro atoms. The van der Waals surface area contributed by atoms with Crippen LogP contribution < -0.4 is 0 Å². The van der Waals surface area contributed by atoms with E-state index in [0.717, 1.165) is 5.56 Å². The third kappa shape index (κ3) is 5.82. The lowest BCUT2D eigenvalue weighted by molar-refractivity contribution is -0.141. The number of carbonyl (C=O) groups is 3. The number of carbonyl (C=O) groups excluding carboxylic acids is 3. The Balaban J connectivity index is 1.56. The second-order valence-corrected chi connectivity index (χ2v) is 10.9. The van der Waals surface area contributed by atoms with Crippen LogP contribution in [0.15, 0.2) is 42.5 Å². The van der Waals surface area contributed by atoms with Crippen molar-refractivity contribution < 1.29 is 14.4 Å². The number of likely N-dealkylation sites (N-methyl/N-ethyl adjacent to an activating group) is 1. The molecule has 36 heavy (non-hydrogen) atoms. The van der Waals surface area contributed by atoms with E-state index < -0.39 is 0 Å². The molecule has 2 atom stereocenters. The molecule has 2 heterocycles. The van der Waals surface area contributed by atoms with Gasteiger partial charge in [0.15, 0.2) is 0 Å². The van der Waals surface area contributed by atoms with E-state index in [2.05, 4.69) is 0 Å². The van der Waals surface area contributed by atoms with Crippen molar-refractivity contribution in [3.63, 3.8) is 0 Å². The maximum absolute atomic E-state index is 13.5. The second-order valence-electron chi connectivity index (χ2n) is 9.63. The van der Waals surface area contributed by atoms with Gasteiger partial charge >= 0.3 is 0 Å². The van der Waals surface area contributed by atoms with Crippen LogP contribution >= 0.6 is 34.8 Å². The number of hydrogen-bond donors (Lipinski definition) is 0. The summed E-state index contributed by atoms with van der Waals surface area (Å²) >= 11 is 18.7. The van der Waals surface area contributed by atoms with Crippen molar-refractivity contribution in [3.8, 4) is 0 Å². The lowest BCUT2D eigenvalue weighted by atomic mass is 9.83. The largest absolute Gasteiger partial charge is 0.343 e. The van der Waals surface area contributed by atoms with E-state index in [1.54, 1.807) is 54.1 Å². The Kier molecular flexibility index (Phi) is 8.48. The van der Waals surface area contributed by atoms with Crippen molar-refractivity contribution in [2.24, 2.45) is 5.92 Å². The van der Waals surface area contributed by atoms with Crippen LogP contribution in [0.3, 0.4) is 0 Å². The van der Waals surface area contributed by atoms with Crippen LogP contribution in [0.5, 0.6) is 0 Å². The quantitative estimate of drug-likeness (QED) is 0.515. The molecule has 0 aliphatic carbocycles. The third-order valence-electron chi connectivity index (χ3n) is 7.44. The van der Waals surface area contributed by atoms with Gasteiger partial charge < -0.3 is 14.7 Å². The highest BCUT2D eigenvalue weighted by molar-refractivity contribution is 6.42. The Hall–Kier alpha value is -2.28. The molecule has 2 saturated heterocycles. The van der Waals surface area contributed by atoms with Gasteiger partial charge in [0.1, 0.15) is 0 Å². The topological polar surface area (TPSA) is 60.9 Å². The van der Waals surface area contributed by atoms with Crippen LogP contribution in [0.1, 0.15) is 48.0 Å². The van der Waals surface area contributed by atoms with Gasteiger partial charge in [-0.1, -0.05) is 46.9 Å². The normalized spacial score (nSPS) is 20.8. The number of hydrogen-bond acceptors (Lipinski definition) is 3. The lowest BCUT2D eigenvalue weighted by Gasteiger charge is -2.44. The zero-order valence-corrected chi connectivity index (χ0v) is 22.7. The molecule has 6 nitrogen and oxygen atoms in total. The number of benzene rings is 2. The van der Waals surface area contributed by atoms with Crippen LogP contribution in [0.2, 0.25) is 15.1 Å². The molecule has 9 heteroatoms. The van der Waals surface area contributed by atoms with Gasteiger partial charge in [0, 0.05) is 68.6 Å². The molecule has 192 valence electrons. The average Bonchev–Trinajstić information content (AvgIpc) is 2.88. The first kappa shape index (κ1) is 26.8. The summed E-state index contributed by atoms with van der Waals surface area (Å²) in [7, 11) is 1.80.